The van der Waals surface area contributed by atoms with Crippen molar-refractivity contribution in [3.05, 3.63) is 0 Å². The normalized spacial score (nSPS) is 36.5. The van der Waals surface area contributed by atoms with Crippen molar-refractivity contribution >= 4 is 5.90 Å². The third-order valence-corrected chi connectivity index (χ3v) is 8.68. The Labute approximate surface area is 196 Å². The molecule has 3 saturated carbocycles. The van der Waals surface area contributed by atoms with Crippen LogP contribution in [0.3, 0.4) is 0 Å². The minimum absolute atomic E-state index is 0.260. The van der Waals surface area contributed by atoms with Gasteiger partial charge in [-0.15, -0.1) is 0 Å². The number of hydrogen-bond donors (Lipinski definition) is 1. The van der Waals surface area contributed by atoms with Crippen molar-refractivity contribution in [2.75, 3.05) is 6.61 Å². The Bertz CT molecular complexity index is 555. The summed E-state index contributed by atoms with van der Waals surface area (Å²) in [5.74, 6) is 2.02. The molecule has 4 nitrogen and oxygen atoms in total. The number of aliphatic imine (C=N–C) groups is 1. The van der Waals surface area contributed by atoms with Crippen LogP contribution < -0.4 is 0 Å². The third kappa shape index (κ3) is 7.45. The molecule has 0 aromatic carbocycles. The van der Waals surface area contributed by atoms with E-state index in [9.17, 15) is 5.11 Å². The number of ether oxygens (including phenoxy) is 2. The van der Waals surface area contributed by atoms with Gasteiger partial charge in [0.05, 0.1) is 18.2 Å². The van der Waals surface area contributed by atoms with Crippen LogP contribution in [0, 0.1) is 11.8 Å². The number of hydrogen-bond acceptors (Lipinski definition) is 4. The lowest BCUT2D eigenvalue weighted by molar-refractivity contribution is -0.0299. The van der Waals surface area contributed by atoms with Crippen LogP contribution >= 0.6 is 0 Å². The molecule has 0 bridgehead atoms. The largest absolute Gasteiger partial charge is 0.475 e. The first-order valence-corrected chi connectivity index (χ1v) is 14.3. The second-order valence-corrected chi connectivity index (χ2v) is 11.2. The van der Waals surface area contributed by atoms with E-state index >= 15 is 0 Å². The second-order valence-electron chi connectivity index (χ2n) is 11.2. The van der Waals surface area contributed by atoms with Gasteiger partial charge in [0.2, 0.25) is 0 Å². The minimum Gasteiger partial charge on any atom is -0.475 e. The quantitative estimate of drug-likeness (QED) is 0.473. The van der Waals surface area contributed by atoms with Crippen LogP contribution in [0.25, 0.3) is 0 Å². The molecule has 0 amide bonds. The van der Waals surface area contributed by atoms with Gasteiger partial charge in [-0.05, 0) is 70.1 Å². The highest BCUT2D eigenvalue weighted by atomic mass is 16.5. The van der Waals surface area contributed by atoms with Gasteiger partial charge >= 0.3 is 0 Å². The van der Waals surface area contributed by atoms with Crippen molar-refractivity contribution in [2.24, 2.45) is 16.8 Å². The van der Waals surface area contributed by atoms with Gasteiger partial charge in [0.1, 0.15) is 6.10 Å². The van der Waals surface area contributed by atoms with Crippen LogP contribution in [0.15, 0.2) is 4.99 Å². The highest BCUT2D eigenvalue weighted by molar-refractivity contribution is 5.80. The SMILES string of the molecule is OCC1CCCCC2N=C(C3CCCC(OC4CCCCCCCCC4)CC3)OC2CC1. The van der Waals surface area contributed by atoms with Gasteiger partial charge in [-0.1, -0.05) is 64.2 Å². The van der Waals surface area contributed by atoms with Crippen molar-refractivity contribution in [1.82, 2.24) is 0 Å². The van der Waals surface area contributed by atoms with Crippen molar-refractivity contribution in [3.8, 4) is 0 Å². The fourth-order valence-corrected chi connectivity index (χ4v) is 6.56. The highest BCUT2D eigenvalue weighted by Crippen LogP contribution is 2.35. The van der Waals surface area contributed by atoms with Crippen molar-refractivity contribution in [3.63, 3.8) is 0 Å². The molecule has 3 aliphatic carbocycles. The molecule has 5 atom stereocenters. The molecule has 1 aliphatic heterocycles. The summed E-state index contributed by atoms with van der Waals surface area (Å²) in [4.78, 5) is 5.14. The third-order valence-electron chi connectivity index (χ3n) is 8.68. The zero-order chi connectivity index (χ0) is 22.0. The summed E-state index contributed by atoms with van der Waals surface area (Å²) in [5.41, 5.74) is 0. The Hall–Kier alpha value is -0.610. The molecule has 184 valence electrons. The summed E-state index contributed by atoms with van der Waals surface area (Å²) >= 11 is 0. The maximum Gasteiger partial charge on any atom is 0.187 e. The lowest BCUT2D eigenvalue weighted by atomic mass is 9.97. The van der Waals surface area contributed by atoms with Gasteiger partial charge in [0.15, 0.2) is 5.90 Å². The molecule has 4 aliphatic rings. The monoisotopic (exact) mass is 447 g/mol. The maximum absolute atomic E-state index is 9.64. The summed E-state index contributed by atoms with van der Waals surface area (Å²) in [5, 5.41) is 9.64. The Morgan fingerprint density at radius 1 is 0.656 bits per heavy atom. The van der Waals surface area contributed by atoms with Crippen LogP contribution in [-0.2, 0) is 9.47 Å². The average Bonchev–Trinajstić information content (AvgIpc) is 3.11. The molecule has 1 N–H and O–H groups in total. The number of fused-ring (bicyclic) bond motifs is 1. The van der Waals surface area contributed by atoms with E-state index in [0.29, 0.717) is 36.7 Å². The smallest absolute Gasteiger partial charge is 0.187 e. The summed E-state index contributed by atoms with van der Waals surface area (Å²) in [7, 11) is 0. The first-order valence-electron chi connectivity index (χ1n) is 14.3. The van der Waals surface area contributed by atoms with Crippen LogP contribution in [0.4, 0.5) is 0 Å². The Morgan fingerprint density at radius 3 is 2.09 bits per heavy atom. The molecule has 0 aromatic rings. The molecule has 4 heteroatoms. The topological polar surface area (TPSA) is 51.1 Å². The van der Waals surface area contributed by atoms with E-state index in [1.165, 1.54) is 103 Å². The molecule has 4 rings (SSSR count). The van der Waals surface area contributed by atoms with Crippen molar-refractivity contribution in [2.45, 2.75) is 153 Å². The van der Waals surface area contributed by atoms with Crippen LogP contribution in [0.2, 0.25) is 0 Å². The molecule has 0 aromatic heterocycles. The Kier molecular flexibility index (Phi) is 10.2. The molecular weight excluding hydrogens is 398 g/mol. The Morgan fingerprint density at radius 2 is 1.31 bits per heavy atom. The van der Waals surface area contributed by atoms with E-state index in [1.807, 2.05) is 0 Å². The molecule has 0 radical (unpaired) electrons. The summed E-state index contributed by atoms with van der Waals surface area (Å²) in [6.07, 6.45) is 26.4. The van der Waals surface area contributed by atoms with Gasteiger partial charge in [0, 0.05) is 12.5 Å². The van der Waals surface area contributed by atoms with Gasteiger partial charge < -0.3 is 14.6 Å². The second kappa shape index (κ2) is 13.3. The highest BCUT2D eigenvalue weighted by Gasteiger charge is 2.36. The molecule has 0 spiro atoms. The van der Waals surface area contributed by atoms with Crippen LogP contribution in [-0.4, -0.2) is 42.0 Å². The summed E-state index contributed by atoms with van der Waals surface area (Å²) < 4.78 is 13.2. The van der Waals surface area contributed by atoms with Gasteiger partial charge in [0.25, 0.3) is 0 Å². The molecular formula is C28H49NO3. The van der Waals surface area contributed by atoms with Crippen LogP contribution in [0.1, 0.15) is 128 Å². The van der Waals surface area contributed by atoms with Gasteiger partial charge in [-0.2, -0.15) is 0 Å². The number of aliphatic hydroxyl groups excluding tert-OH is 1. The first kappa shape index (κ1) is 24.5. The van der Waals surface area contributed by atoms with Gasteiger partial charge in [-0.3, -0.25) is 0 Å². The molecule has 1 heterocycles. The molecule has 32 heavy (non-hydrogen) atoms. The first-order chi connectivity index (χ1) is 15.8. The van der Waals surface area contributed by atoms with Gasteiger partial charge in [-0.25, -0.2) is 4.99 Å². The predicted octanol–water partition coefficient (Wildman–Crippen LogP) is 6.97. The fraction of sp³-hybridized carbons (Fsp3) is 0.964. The minimum atomic E-state index is 0.260. The zero-order valence-corrected chi connectivity index (χ0v) is 20.5. The Balaban J connectivity index is 1.26. The lowest BCUT2D eigenvalue weighted by Crippen LogP contribution is -2.25. The molecule has 5 unspecified atom stereocenters. The van der Waals surface area contributed by atoms with E-state index in [4.69, 9.17) is 14.5 Å². The van der Waals surface area contributed by atoms with Crippen LogP contribution in [0.5, 0.6) is 0 Å². The number of nitrogens with zero attached hydrogens (tertiary/aromatic N) is 1. The number of rotatable bonds is 4. The summed E-state index contributed by atoms with van der Waals surface area (Å²) in [6, 6.07) is 0.362. The van der Waals surface area contributed by atoms with E-state index in [0.717, 1.165) is 31.6 Å². The maximum atomic E-state index is 9.64. The summed E-state index contributed by atoms with van der Waals surface area (Å²) in [6.45, 7) is 0.329. The van der Waals surface area contributed by atoms with Crippen molar-refractivity contribution < 1.29 is 14.6 Å². The zero-order valence-electron chi connectivity index (χ0n) is 20.5. The van der Waals surface area contributed by atoms with E-state index in [-0.39, 0.29) is 6.10 Å². The standard InChI is InChI=1S/C28H49NO3/c30-21-22-11-8-9-16-26-27(20-17-22)32-28(29-26)23-12-10-15-25(19-18-23)31-24-13-6-4-2-1-3-5-7-14-24/h22-27,30H,1-21H2. The number of aliphatic hydroxyl groups is 1. The average molecular weight is 448 g/mol. The van der Waals surface area contributed by atoms with E-state index < -0.39 is 0 Å². The van der Waals surface area contributed by atoms with E-state index in [2.05, 4.69) is 0 Å². The fourth-order valence-electron chi connectivity index (χ4n) is 6.56. The van der Waals surface area contributed by atoms with E-state index in [1.54, 1.807) is 0 Å². The lowest BCUT2D eigenvalue weighted by Gasteiger charge is -2.25. The van der Waals surface area contributed by atoms with Crippen molar-refractivity contribution in [1.29, 1.82) is 0 Å². The molecule has 0 saturated heterocycles. The molecule has 3 fully saturated rings. The predicted molar refractivity (Wildman–Crippen MR) is 131 cm³/mol.